The SMILES string of the molecule is N#Cc1ccc(C(=O)CBr)cc1.N=C(N)c1cccc(F)c1. The summed E-state index contributed by atoms with van der Waals surface area (Å²) in [6, 6.07) is 14.2. The van der Waals surface area contributed by atoms with Crippen molar-refractivity contribution in [2.45, 2.75) is 0 Å². The Balaban J connectivity index is 0.000000224. The second-order valence-electron chi connectivity index (χ2n) is 4.17. The summed E-state index contributed by atoms with van der Waals surface area (Å²) in [5, 5.41) is 15.7. The molecule has 0 fully saturated rings. The average Bonchev–Trinajstić information content (AvgIpc) is 2.54. The Morgan fingerprint density at radius 3 is 2.27 bits per heavy atom. The Morgan fingerprint density at radius 1 is 1.23 bits per heavy atom. The zero-order valence-corrected chi connectivity index (χ0v) is 13.1. The standard InChI is InChI=1S/C9H6BrNO.C7H7FN2/c10-5-9(12)8-3-1-7(6-11)2-4-8;8-6-3-1-2-5(4-6)7(9)10/h1-4H,5H2;1-4H,(H3,9,10). The van der Waals surface area contributed by atoms with Crippen LogP contribution in [0, 0.1) is 22.6 Å². The van der Waals surface area contributed by atoms with E-state index >= 15 is 0 Å². The van der Waals surface area contributed by atoms with Crippen LogP contribution in [0.4, 0.5) is 4.39 Å². The first-order valence-electron chi connectivity index (χ1n) is 6.17. The summed E-state index contributed by atoms with van der Waals surface area (Å²) in [6.45, 7) is 0. The molecule has 0 saturated carbocycles. The highest BCUT2D eigenvalue weighted by atomic mass is 79.9. The number of ketones is 1. The molecule has 112 valence electrons. The quantitative estimate of drug-likeness (QED) is 0.380. The molecular formula is C16H13BrFN3O. The van der Waals surface area contributed by atoms with E-state index in [1.807, 2.05) is 6.07 Å². The van der Waals surface area contributed by atoms with E-state index in [0.29, 0.717) is 22.0 Å². The molecule has 0 radical (unpaired) electrons. The van der Waals surface area contributed by atoms with Gasteiger partial charge in [-0.05, 0) is 24.3 Å². The van der Waals surface area contributed by atoms with Crippen LogP contribution in [0.25, 0.3) is 0 Å². The maximum Gasteiger partial charge on any atom is 0.173 e. The smallest absolute Gasteiger partial charge is 0.173 e. The number of hydrogen-bond donors (Lipinski definition) is 2. The Bertz CT molecular complexity index is 708. The van der Waals surface area contributed by atoms with Crippen molar-refractivity contribution in [3.8, 4) is 6.07 Å². The first kappa shape index (κ1) is 17.5. The van der Waals surface area contributed by atoms with Crippen molar-refractivity contribution < 1.29 is 9.18 Å². The first-order chi connectivity index (χ1) is 10.5. The highest BCUT2D eigenvalue weighted by Gasteiger charge is 2.02. The van der Waals surface area contributed by atoms with E-state index in [-0.39, 0.29) is 17.4 Å². The number of nitrogens with one attached hydrogen (secondary N) is 1. The molecule has 0 aliphatic rings. The van der Waals surface area contributed by atoms with Gasteiger partial charge in [0.15, 0.2) is 5.78 Å². The first-order valence-corrected chi connectivity index (χ1v) is 7.29. The van der Waals surface area contributed by atoms with Crippen LogP contribution in [0.15, 0.2) is 48.5 Å². The van der Waals surface area contributed by atoms with Crippen molar-refractivity contribution in [2.75, 3.05) is 5.33 Å². The highest BCUT2D eigenvalue weighted by molar-refractivity contribution is 9.09. The number of nitrogen functional groups attached to an aromatic ring is 1. The third kappa shape index (κ3) is 5.46. The van der Waals surface area contributed by atoms with Gasteiger partial charge in [0.05, 0.1) is 17.0 Å². The molecule has 0 bridgehead atoms. The predicted molar refractivity (Wildman–Crippen MR) is 86.7 cm³/mol. The molecule has 22 heavy (non-hydrogen) atoms. The largest absolute Gasteiger partial charge is 0.384 e. The zero-order valence-electron chi connectivity index (χ0n) is 11.5. The summed E-state index contributed by atoms with van der Waals surface area (Å²) in [5.74, 6) is -0.452. The third-order valence-corrected chi connectivity index (χ3v) is 3.10. The molecule has 0 heterocycles. The van der Waals surface area contributed by atoms with Gasteiger partial charge in [0.1, 0.15) is 11.7 Å². The fourth-order valence-corrected chi connectivity index (χ4v) is 1.79. The maximum atomic E-state index is 12.4. The molecule has 2 rings (SSSR count). The van der Waals surface area contributed by atoms with Crippen LogP contribution in [-0.2, 0) is 0 Å². The van der Waals surface area contributed by atoms with Gasteiger partial charge in [-0.15, -0.1) is 0 Å². The van der Waals surface area contributed by atoms with Crippen LogP contribution >= 0.6 is 15.9 Å². The van der Waals surface area contributed by atoms with Gasteiger partial charge in [0.2, 0.25) is 0 Å². The van der Waals surface area contributed by atoms with Gasteiger partial charge >= 0.3 is 0 Å². The van der Waals surface area contributed by atoms with Gasteiger partial charge in [0, 0.05) is 11.1 Å². The van der Waals surface area contributed by atoms with Gasteiger partial charge in [-0.1, -0.05) is 40.2 Å². The van der Waals surface area contributed by atoms with Crippen molar-refractivity contribution >= 4 is 27.5 Å². The lowest BCUT2D eigenvalue weighted by Gasteiger charge is -1.95. The third-order valence-electron chi connectivity index (χ3n) is 2.59. The molecule has 4 nitrogen and oxygen atoms in total. The molecule has 0 amide bonds. The molecule has 0 spiro atoms. The number of nitrogens with two attached hydrogens (primary N) is 1. The van der Waals surface area contributed by atoms with Gasteiger partial charge in [0.25, 0.3) is 0 Å². The van der Waals surface area contributed by atoms with Crippen molar-refractivity contribution in [3.05, 3.63) is 71.0 Å². The molecule has 0 saturated heterocycles. The second kappa shape index (κ2) is 8.70. The number of rotatable bonds is 3. The van der Waals surface area contributed by atoms with Crippen LogP contribution in [0.2, 0.25) is 0 Å². The van der Waals surface area contributed by atoms with E-state index in [4.69, 9.17) is 16.4 Å². The molecule has 0 atom stereocenters. The monoisotopic (exact) mass is 361 g/mol. The Kier molecular flexibility index (Phi) is 6.93. The molecule has 0 unspecified atom stereocenters. The van der Waals surface area contributed by atoms with Crippen LogP contribution in [0.5, 0.6) is 0 Å². The average molecular weight is 362 g/mol. The van der Waals surface area contributed by atoms with E-state index in [2.05, 4.69) is 15.9 Å². The minimum absolute atomic E-state index is 0.0273. The van der Waals surface area contributed by atoms with E-state index in [9.17, 15) is 9.18 Å². The summed E-state index contributed by atoms with van der Waals surface area (Å²) in [5.41, 5.74) is 6.72. The Labute approximate surface area is 136 Å². The lowest BCUT2D eigenvalue weighted by atomic mass is 10.1. The summed E-state index contributed by atoms with van der Waals surface area (Å²) in [7, 11) is 0. The number of carbonyl (C=O) groups excluding carboxylic acids is 1. The molecule has 2 aromatic rings. The minimum Gasteiger partial charge on any atom is -0.384 e. The number of benzene rings is 2. The minimum atomic E-state index is -0.368. The normalized spacial score (nSPS) is 9.14. The maximum absolute atomic E-state index is 12.4. The number of nitrogens with zero attached hydrogens (tertiary/aromatic N) is 1. The van der Waals surface area contributed by atoms with E-state index in [0.717, 1.165) is 0 Å². The fourth-order valence-electron chi connectivity index (χ4n) is 1.46. The lowest BCUT2D eigenvalue weighted by molar-refractivity contribution is 0.102. The molecule has 6 heteroatoms. The number of halogens is 2. The van der Waals surface area contributed by atoms with Crippen molar-refractivity contribution in [1.82, 2.24) is 0 Å². The topological polar surface area (TPSA) is 90.7 Å². The van der Waals surface area contributed by atoms with Crippen LogP contribution in [0.1, 0.15) is 21.5 Å². The molecule has 3 N–H and O–H groups in total. The summed E-state index contributed by atoms with van der Waals surface area (Å²) in [4.78, 5) is 11.1. The summed E-state index contributed by atoms with van der Waals surface area (Å²) >= 11 is 3.07. The van der Waals surface area contributed by atoms with Crippen molar-refractivity contribution in [1.29, 1.82) is 10.7 Å². The van der Waals surface area contributed by atoms with Crippen LogP contribution < -0.4 is 5.73 Å². The van der Waals surface area contributed by atoms with E-state index in [1.54, 1.807) is 30.3 Å². The number of Topliss-reactive ketones (excluding diaryl/α,β-unsaturated/α-hetero) is 1. The molecule has 0 aliphatic carbocycles. The van der Waals surface area contributed by atoms with Crippen molar-refractivity contribution in [3.63, 3.8) is 0 Å². The lowest BCUT2D eigenvalue weighted by Crippen LogP contribution is -2.10. The Hall–Kier alpha value is -2.52. The van der Waals surface area contributed by atoms with Gasteiger partial charge in [-0.2, -0.15) is 5.26 Å². The Morgan fingerprint density at radius 2 is 1.86 bits per heavy atom. The zero-order chi connectivity index (χ0) is 16.5. The number of carbonyl (C=O) groups is 1. The van der Waals surface area contributed by atoms with Crippen LogP contribution in [-0.4, -0.2) is 16.9 Å². The number of hydrogen-bond acceptors (Lipinski definition) is 3. The van der Waals surface area contributed by atoms with E-state index in [1.165, 1.54) is 18.2 Å². The number of amidine groups is 1. The summed E-state index contributed by atoms with van der Waals surface area (Å²) < 4.78 is 12.4. The highest BCUT2D eigenvalue weighted by Crippen LogP contribution is 2.05. The predicted octanol–water partition coefficient (Wildman–Crippen LogP) is 3.25. The van der Waals surface area contributed by atoms with Crippen molar-refractivity contribution in [2.24, 2.45) is 5.73 Å². The molecule has 0 aliphatic heterocycles. The van der Waals surface area contributed by atoms with Gasteiger partial charge < -0.3 is 5.73 Å². The fraction of sp³-hybridized carbons (Fsp3) is 0.0625. The van der Waals surface area contributed by atoms with E-state index < -0.39 is 0 Å². The van der Waals surface area contributed by atoms with Gasteiger partial charge in [-0.25, -0.2) is 4.39 Å². The van der Waals surface area contributed by atoms with Gasteiger partial charge in [-0.3, -0.25) is 10.2 Å². The summed E-state index contributed by atoms with van der Waals surface area (Å²) in [6.07, 6.45) is 0. The molecule has 0 aromatic heterocycles. The second-order valence-corrected chi connectivity index (χ2v) is 4.73. The molecular weight excluding hydrogens is 349 g/mol. The molecule has 2 aromatic carbocycles. The van der Waals surface area contributed by atoms with Crippen LogP contribution in [0.3, 0.4) is 0 Å². The number of alkyl halides is 1. The number of nitriles is 1.